The van der Waals surface area contributed by atoms with E-state index in [1.54, 1.807) is 6.21 Å². The third kappa shape index (κ3) is 4.62. The number of nitrogens with two attached hydrogens (primary N) is 2. The summed E-state index contributed by atoms with van der Waals surface area (Å²) in [6.45, 7) is 2.50. The fraction of sp³-hybridized carbons (Fsp3) is 0.467. The highest BCUT2D eigenvalue weighted by Crippen LogP contribution is 2.36. The minimum Gasteiger partial charge on any atom is -0.490 e. The van der Waals surface area contributed by atoms with Gasteiger partial charge in [0.15, 0.2) is 11.5 Å². The van der Waals surface area contributed by atoms with E-state index in [2.05, 4.69) is 26.1 Å². The molecule has 1 saturated carbocycles. The van der Waals surface area contributed by atoms with Crippen LogP contribution in [0.3, 0.4) is 0 Å². The number of rotatable bonds is 6. The van der Waals surface area contributed by atoms with Crippen molar-refractivity contribution in [3.8, 4) is 11.5 Å². The van der Waals surface area contributed by atoms with Crippen molar-refractivity contribution >= 4 is 28.1 Å². The fourth-order valence-electron chi connectivity index (χ4n) is 2.35. The third-order valence-electron chi connectivity index (χ3n) is 3.33. The molecular weight excluding hydrogens is 348 g/mol. The number of guanidine groups is 1. The van der Waals surface area contributed by atoms with E-state index in [0.717, 1.165) is 28.6 Å². The van der Waals surface area contributed by atoms with E-state index in [9.17, 15) is 0 Å². The molecule has 1 aromatic carbocycles. The molecule has 1 aromatic rings. The molecule has 120 valence electrons. The van der Waals surface area contributed by atoms with Gasteiger partial charge in [0.25, 0.3) is 0 Å². The van der Waals surface area contributed by atoms with Crippen molar-refractivity contribution < 1.29 is 9.47 Å². The SMILES string of the molecule is CCOc1cc(C=NN=C(N)N)c(Br)cc1OC1CCCC1. The Morgan fingerprint density at radius 1 is 1.32 bits per heavy atom. The smallest absolute Gasteiger partial charge is 0.211 e. The van der Waals surface area contributed by atoms with Gasteiger partial charge in [0.05, 0.1) is 18.9 Å². The summed E-state index contributed by atoms with van der Waals surface area (Å²) in [5.41, 5.74) is 11.3. The van der Waals surface area contributed by atoms with Gasteiger partial charge in [-0.1, -0.05) is 0 Å². The Labute approximate surface area is 138 Å². The number of nitrogens with zero attached hydrogens (tertiary/aromatic N) is 2. The standard InChI is InChI=1S/C15H21BrN4O2/c1-2-21-13-7-10(9-19-20-15(17)18)12(16)8-14(13)22-11-5-3-4-6-11/h7-9,11H,2-6H2,1H3,(H4,17,18,20). The molecule has 0 aromatic heterocycles. The maximum atomic E-state index is 6.07. The third-order valence-corrected chi connectivity index (χ3v) is 4.02. The summed E-state index contributed by atoms with van der Waals surface area (Å²) in [6, 6.07) is 3.77. The van der Waals surface area contributed by atoms with Crippen molar-refractivity contribution in [2.24, 2.45) is 21.7 Å². The van der Waals surface area contributed by atoms with Gasteiger partial charge in [0.2, 0.25) is 5.96 Å². The second-order valence-corrected chi connectivity index (χ2v) is 5.90. The number of hydrogen-bond acceptors (Lipinski definition) is 4. The highest BCUT2D eigenvalue weighted by atomic mass is 79.9. The van der Waals surface area contributed by atoms with Crippen molar-refractivity contribution in [3.63, 3.8) is 0 Å². The van der Waals surface area contributed by atoms with Crippen molar-refractivity contribution in [1.82, 2.24) is 0 Å². The molecular formula is C15H21BrN4O2. The average Bonchev–Trinajstić information content (AvgIpc) is 2.96. The fourth-order valence-corrected chi connectivity index (χ4v) is 2.78. The average molecular weight is 369 g/mol. The highest BCUT2D eigenvalue weighted by molar-refractivity contribution is 9.10. The first-order valence-corrected chi connectivity index (χ1v) is 8.14. The van der Waals surface area contributed by atoms with Crippen LogP contribution in [0.25, 0.3) is 0 Å². The quantitative estimate of drug-likeness (QED) is 0.458. The second-order valence-electron chi connectivity index (χ2n) is 5.05. The normalized spacial score (nSPS) is 15.2. The van der Waals surface area contributed by atoms with Crippen LogP contribution in [0.1, 0.15) is 38.2 Å². The Hall–Kier alpha value is -1.76. The molecule has 0 heterocycles. The number of benzene rings is 1. The molecule has 1 fully saturated rings. The zero-order valence-corrected chi connectivity index (χ0v) is 14.2. The zero-order chi connectivity index (χ0) is 15.9. The largest absolute Gasteiger partial charge is 0.490 e. The lowest BCUT2D eigenvalue weighted by Crippen LogP contribution is -2.21. The van der Waals surface area contributed by atoms with Crippen LogP contribution in [0, 0.1) is 0 Å². The summed E-state index contributed by atoms with van der Waals surface area (Å²) in [4.78, 5) is 0. The van der Waals surface area contributed by atoms with Crippen LogP contribution in [-0.2, 0) is 0 Å². The molecule has 22 heavy (non-hydrogen) atoms. The molecule has 0 aliphatic heterocycles. The van der Waals surface area contributed by atoms with Gasteiger partial charge in [-0.15, -0.1) is 5.10 Å². The lowest BCUT2D eigenvalue weighted by molar-refractivity contribution is 0.196. The predicted octanol–water partition coefficient (Wildman–Crippen LogP) is 2.78. The van der Waals surface area contributed by atoms with E-state index in [4.69, 9.17) is 20.9 Å². The summed E-state index contributed by atoms with van der Waals surface area (Å²) in [6.07, 6.45) is 6.46. The molecule has 0 saturated heterocycles. The maximum Gasteiger partial charge on any atom is 0.211 e. The van der Waals surface area contributed by atoms with Crippen LogP contribution in [0.15, 0.2) is 26.8 Å². The zero-order valence-electron chi connectivity index (χ0n) is 12.6. The van der Waals surface area contributed by atoms with Crippen molar-refractivity contribution in [2.75, 3.05) is 6.61 Å². The molecule has 0 bridgehead atoms. The lowest BCUT2D eigenvalue weighted by atomic mass is 10.2. The molecule has 1 aliphatic rings. The maximum absolute atomic E-state index is 6.07. The molecule has 6 nitrogen and oxygen atoms in total. The Morgan fingerprint density at radius 3 is 2.68 bits per heavy atom. The Morgan fingerprint density at radius 2 is 2.05 bits per heavy atom. The van der Waals surface area contributed by atoms with Crippen LogP contribution in [-0.4, -0.2) is 24.9 Å². The van der Waals surface area contributed by atoms with E-state index < -0.39 is 0 Å². The van der Waals surface area contributed by atoms with E-state index in [1.807, 2.05) is 19.1 Å². The highest BCUT2D eigenvalue weighted by Gasteiger charge is 2.19. The Balaban J connectivity index is 2.24. The van der Waals surface area contributed by atoms with Gasteiger partial charge in [-0.2, -0.15) is 5.10 Å². The summed E-state index contributed by atoms with van der Waals surface area (Å²) in [5, 5.41) is 7.41. The van der Waals surface area contributed by atoms with Crippen LogP contribution in [0.2, 0.25) is 0 Å². The molecule has 7 heteroatoms. The number of ether oxygens (including phenoxy) is 2. The van der Waals surface area contributed by atoms with E-state index in [1.165, 1.54) is 12.8 Å². The molecule has 2 rings (SSSR count). The van der Waals surface area contributed by atoms with Gasteiger partial charge < -0.3 is 20.9 Å². The lowest BCUT2D eigenvalue weighted by Gasteiger charge is -2.17. The van der Waals surface area contributed by atoms with E-state index in [-0.39, 0.29) is 12.1 Å². The Kier molecular flexibility index (Phi) is 6.06. The molecule has 1 aliphatic carbocycles. The molecule has 0 radical (unpaired) electrons. The molecule has 4 N–H and O–H groups in total. The topological polar surface area (TPSA) is 95.2 Å². The summed E-state index contributed by atoms with van der Waals surface area (Å²) in [7, 11) is 0. The van der Waals surface area contributed by atoms with Crippen molar-refractivity contribution in [2.45, 2.75) is 38.7 Å². The van der Waals surface area contributed by atoms with Gasteiger partial charge in [-0.3, -0.25) is 0 Å². The predicted molar refractivity (Wildman–Crippen MR) is 91.6 cm³/mol. The minimum atomic E-state index is -0.0846. The van der Waals surface area contributed by atoms with Gasteiger partial charge in [-0.25, -0.2) is 0 Å². The van der Waals surface area contributed by atoms with Gasteiger partial charge >= 0.3 is 0 Å². The van der Waals surface area contributed by atoms with Gasteiger partial charge in [0, 0.05) is 10.0 Å². The number of halogens is 1. The summed E-state index contributed by atoms with van der Waals surface area (Å²) >= 11 is 3.51. The first-order chi connectivity index (χ1) is 10.6. The van der Waals surface area contributed by atoms with Crippen LogP contribution >= 0.6 is 15.9 Å². The second kappa shape index (κ2) is 8.03. The number of hydrogen-bond donors (Lipinski definition) is 2. The Bertz CT molecular complexity index is 565. The molecule has 0 amide bonds. The molecule has 0 spiro atoms. The van der Waals surface area contributed by atoms with Crippen molar-refractivity contribution in [3.05, 3.63) is 22.2 Å². The molecule has 0 unspecified atom stereocenters. The summed E-state index contributed by atoms with van der Waals surface area (Å²) < 4.78 is 12.6. The summed E-state index contributed by atoms with van der Waals surface area (Å²) in [5.74, 6) is 1.36. The van der Waals surface area contributed by atoms with E-state index in [0.29, 0.717) is 12.4 Å². The minimum absolute atomic E-state index is 0.0846. The van der Waals surface area contributed by atoms with Gasteiger partial charge in [-0.05, 0) is 60.7 Å². The first kappa shape index (κ1) is 16.6. The van der Waals surface area contributed by atoms with E-state index >= 15 is 0 Å². The van der Waals surface area contributed by atoms with Crippen LogP contribution in [0.4, 0.5) is 0 Å². The van der Waals surface area contributed by atoms with Crippen molar-refractivity contribution in [1.29, 1.82) is 0 Å². The monoisotopic (exact) mass is 368 g/mol. The van der Waals surface area contributed by atoms with Crippen LogP contribution in [0.5, 0.6) is 11.5 Å². The first-order valence-electron chi connectivity index (χ1n) is 7.35. The molecule has 0 atom stereocenters. The van der Waals surface area contributed by atoms with Crippen LogP contribution < -0.4 is 20.9 Å². The van der Waals surface area contributed by atoms with Gasteiger partial charge in [0.1, 0.15) is 0 Å².